The molecule has 0 amide bonds. The fourth-order valence-electron chi connectivity index (χ4n) is 2.37. The maximum Gasteiger partial charge on any atom is 0.145 e. The highest BCUT2D eigenvalue weighted by Gasteiger charge is 2.13. The van der Waals surface area contributed by atoms with Gasteiger partial charge in [0.25, 0.3) is 0 Å². The number of anilines is 1. The average molecular weight is 243 g/mol. The van der Waals surface area contributed by atoms with Gasteiger partial charge in [0.1, 0.15) is 5.82 Å². The van der Waals surface area contributed by atoms with Gasteiger partial charge in [-0.3, -0.25) is 4.98 Å². The van der Waals surface area contributed by atoms with Gasteiger partial charge in [0.2, 0.25) is 0 Å². The SMILES string of the molecule is CCC(CC)C(C)Nc1cnc2ccccc2n1. The molecule has 0 aliphatic heterocycles. The molecular weight excluding hydrogens is 222 g/mol. The lowest BCUT2D eigenvalue weighted by Crippen LogP contribution is -2.25. The molecule has 2 aromatic rings. The predicted molar refractivity (Wildman–Crippen MR) is 76.7 cm³/mol. The molecule has 1 aromatic heterocycles. The number of fused-ring (bicyclic) bond motifs is 1. The lowest BCUT2D eigenvalue weighted by Gasteiger charge is -2.22. The van der Waals surface area contributed by atoms with Crippen molar-refractivity contribution in [1.29, 1.82) is 0 Å². The van der Waals surface area contributed by atoms with Crippen LogP contribution in [-0.2, 0) is 0 Å². The number of nitrogens with one attached hydrogen (secondary N) is 1. The van der Waals surface area contributed by atoms with Crippen molar-refractivity contribution in [3.05, 3.63) is 30.5 Å². The van der Waals surface area contributed by atoms with Gasteiger partial charge in [0.05, 0.1) is 17.2 Å². The molecule has 0 radical (unpaired) electrons. The molecule has 0 aliphatic carbocycles. The zero-order valence-corrected chi connectivity index (χ0v) is 11.4. The summed E-state index contributed by atoms with van der Waals surface area (Å²) in [5, 5.41) is 3.46. The van der Waals surface area contributed by atoms with E-state index in [1.165, 1.54) is 12.8 Å². The smallest absolute Gasteiger partial charge is 0.145 e. The molecule has 0 bridgehead atoms. The van der Waals surface area contributed by atoms with Crippen LogP contribution >= 0.6 is 0 Å². The van der Waals surface area contributed by atoms with Crippen molar-refractivity contribution in [2.75, 3.05) is 5.32 Å². The molecule has 1 N–H and O–H groups in total. The van der Waals surface area contributed by atoms with Gasteiger partial charge in [0, 0.05) is 6.04 Å². The molecule has 0 fully saturated rings. The lowest BCUT2D eigenvalue weighted by molar-refractivity contribution is 0.437. The summed E-state index contributed by atoms with van der Waals surface area (Å²) < 4.78 is 0. The van der Waals surface area contributed by atoms with Crippen molar-refractivity contribution in [3.63, 3.8) is 0 Å². The van der Waals surface area contributed by atoms with E-state index < -0.39 is 0 Å². The van der Waals surface area contributed by atoms with Gasteiger partial charge < -0.3 is 5.32 Å². The van der Waals surface area contributed by atoms with Crippen LogP contribution in [0.4, 0.5) is 5.82 Å². The van der Waals surface area contributed by atoms with Crippen LogP contribution in [0.2, 0.25) is 0 Å². The summed E-state index contributed by atoms with van der Waals surface area (Å²) in [6.07, 6.45) is 4.19. The van der Waals surface area contributed by atoms with Gasteiger partial charge in [-0.25, -0.2) is 4.98 Å². The molecule has 1 atom stereocenters. The van der Waals surface area contributed by atoms with Crippen molar-refractivity contribution in [3.8, 4) is 0 Å². The second-order valence-electron chi connectivity index (χ2n) is 4.75. The van der Waals surface area contributed by atoms with Crippen molar-refractivity contribution in [2.24, 2.45) is 5.92 Å². The van der Waals surface area contributed by atoms with Gasteiger partial charge in [-0.05, 0) is 25.0 Å². The van der Waals surface area contributed by atoms with E-state index in [-0.39, 0.29) is 0 Å². The van der Waals surface area contributed by atoms with Crippen LogP contribution in [0.5, 0.6) is 0 Å². The van der Waals surface area contributed by atoms with Crippen molar-refractivity contribution < 1.29 is 0 Å². The lowest BCUT2D eigenvalue weighted by atomic mass is 9.95. The van der Waals surface area contributed by atoms with E-state index >= 15 is 0 Å². The van der Waals surface area contributed by atoms with E-state index in [1.807, 2.05) is 30.5 Å². The van der Waals surface area contributed by atoms with Crippen LogP contribution in [0.15, 0.2) is 30.5 Å². The zero-order valence-electron chi connectivity index (χ0n) is 11.4. The highest BCUT2D eigenvalue weighted by molar-refractivity contribution is 5.75. The summed E-state index contributed by atoms with van der Waals surface area (Å²) in [6, 6.07) is 8.38. The Hall–Kier alpha value is -1.64. The Bertz CT molecular complexity index is 506. The van der Waals surface area contributed by atoms with Gasteiger partial charge >= 0.3 is 0 Å². The number of hydrogen-bond acceptors (Lipinski definition) is 3. The van der Waals surface area contributed by atoms with Crippen LogP contribution in [0, 0.1) is 5.92 Å². The molecule has 0 saturated heterocycles. The number of rotatable bonds is 5. The van der Waals surface area contributed by atoms with E-state index in [9.17, 15) is 0 Å². The number of para-hydroxylation sites is 2. The third-order valence-corrected chi connectivity index (χ3v) is 3.58. The fraction of sp³-hybridized carbons (Fsp3) is 0.467. The normalized spacial score (nSPS) is 12.9. The van der Waals surface area contributed by atoms with Crippen LogP contribution in [0.1, 0.15) is 33.6 Å². The average Bonchev–Trinajstić information content (AvgIpc) is 2.40. The monoisotopic (exact) mass is 243 g/mol. The number of aromatic nitrogens is 2. The number of nitrogens with zero attached hydrogens (tertiary/aromatic N) is 2. The van der Waals surface area contributed by atoms with Crippen LogP contribution in [0.25, 0.3) is 11.0 Å². The second kappa shape index (κ2) is 5.80. The quantitative estimate of drug-likeness (QED) is 0.866. The van der Waals surface area contributed by atoms with Crippen molar-refractivity contribution in [1.82, 2.24) is 9.97 Å². The molecule has 3 nitrogen and oxygen atoms in total. The van der Waals surface area contributed by atoms with E-state index in [0.717, 1.165) is 16.9 Å². The van der Waals surface area contributed by atoms with E-state index in [1.54, 1.807) is 0 Å². The summed E-state index contributed by atoms with van der Waals surface area (Å²) in [4.78, 5) is 9.01. The molecule has 1 heterocycles. The first-order chi connectivity index (χ1) is 8.74. The van der Waals surface area contributed by atoms with Crippen LogP contribution < -0.4 is 5.32 Å². The Kier molecular flexibility index (Phi) is 4.13. The molecule has 0 spiro atoms. The van der Waals surface area contributed by atoms with Crippen LogP contribution in [0.3, 0.4) is 0 Å². The third kappa shape index (κ3) is 2.78. The second-order valence-corrected chi connectivity index (χ2v) is 4.75. The van der Waals surface area contributed by atoms with E-state index in [2.05, 4.69) is 36.1 Å². The topological polar surface area (TPSA) is 37.8 Å². The van der Waals surface area contributed by atoms with E-state index in [4.69, 9.17) is 0 Å². The molecule has 1 unspecified atom stereocenters. The molecule has 2 rings (SSSR count). The Morgan fingerprint density at radius 2 is 1.78 bits per heavy atom. The van der Waals surface area contributed by atoms with Crippen molar-refractivity contribution in [2.45, 2.75) is 39.7 Å². The molecule has 3 heteroatoms. The summed E-state index contributed by atoms with van der Waals surface area (Å²) in [6.45, 7) is 6.69. The molecule has 0 saturated carbocycles. The van der Waals surface area contributed by atoms with Gasteiger partial charge in [0.15, 0.2) is 0 Å². The number of hydrogen-bond donors (Lipinski definition) is 1. The molecule has 96 valence electrons. The van der Waals surface area contributed by atoms with Gasteiger partial charge in [-0.2, -0.15) is 0 Å². The molecule has 0 aliphatic rings. The minimum Gasteiger partial charge on any atom is -0.366 e. The first kappa shape index (κ1) is 12.8. The highest BCUT2D eigenvalue weighted by atomic mass is 15.0. The number of benzene rings is 1. The Morgan fingerprint density at radius 3 is 2.44 bits per heavy atom. The Balaban J connectivity index is 2.16. The summed E-state index contributed by atoms with van der Waals surface area (Å²) in [5.74, 6) is 1.55. The minimum atomic E-state index is 0.426. The first-order valence-electron chi connectivity index (χ1n) is 6.73. The largest absolute Gasteiger partial charge is 0.366 e. The molecule has 18 heavy (non-hydrogen) atoms. The fourth-order valence-corrected chi connectivity index (χ4v) is 2.37. The first-order valence-corrected chi connectivity index (χ1v) is 6.73. The summed E-state index contributed by atoms with van der Waals surface area (Å²) in [7, 11) is 0. The maximum absolute atomic E-state index is 4.59. The molecular formula is C15H21N3. The Morgan fingerprint density at radius 1 is 1.11 bits per heavy atom. The predicted octanol–water partition coefficient (Wildman–Crippen LogP) is 3.87. The maximum atomic E-state index is 4.59. The minimum absolute atomic E-state index is 0.426. The van der Waals surface area contributed by atoms with Crippen molar-refractivity contribution >= 4 is 16.9 Å². The Labute approximate surface area is 109 Å². The van der Waals surface area contributed by atoms with Gasteiger partial charge in [-0.15, -0.1) is 0 Å². The van der Waals surface area contributed by atoms with Crippen LogP contribution in [-0.4, -0.2) is 16.0 Å². The summed E-state index contributed by atoms with van der Waals surface area (Å²) >= 11 is 0. The zero-order chi connectivity index (χ0) is 13.0. The van der Waals surface area contributed by atoms with Gasteiger partial charge in [-0.1, -0.05) is 38.8 Å². The third-order valence-electron chi connectivity index (χ3n) is 3.58. The molecule has 1 aromatic carbocycles. The highest BCUT2D eigenvalue weighted by Crippen LogP contribution is 2.18. The summed E-state index contributed by atoms with van der Waals surface area (Å²) in [5.41, 5.74) is 1.89. The van der Waals surface area contributed by atoms with E-state index in [0.29, 0.717) is 12.0 Å². The standard InChI is InChI=1S/C15H21N3/c1-4-12(5-2)11(3)17-15-10-16-13-8-6-7-9-14(13)18-15/h6-12H,4-5H2,1-3H3,(H,17,18).